The van der Waals surface area contributed by atoms with Gasteiger partial charge in [0.1, 0.15) is 5.69 Å². The summed E-state index contributed by atoms with van der Waals surface area (Å²) < 4.78 is 0. The molecule has 0 radical (unpaired) electrons. The minimum absolute atomic E-state index is 0.0590. The molecular formula is C13H20N2O3. The number of nitrogens with zero attached hydrogens (tertiary/aromatic N) is 2. The maximum atomic E-state index is 11.1. The molecular weight excluding hydrogens is 232 g/mol. The van der Waals surface area contributed by atoms with Crippen molar-refractivity contribution in [3.05, 3.63) is 33.9 Å². The zero-order valence-electron chi connectivity index (χ0n) is 11.1. The van der Waals surface area contributed by atoms with Gasteiger partial charge in [0, 0.05) is 19.2 Å². The molecule has 0 fully saturated rings. The van der Waals surface area contributed by atoms with Crippen LogP contribution in [0.3, 0.4) is 0 Å². The number of rotatable bonds is 6. The number of nitro benzene ring substituents is 1. The van der Waals surface area contributed by atoms with E-state index < -0.39 is 6.10 Å². The lowest BCUT2D eigenvalue weighted by Gasteiger charge is -2.22. The van der Waals surface area contributed by atoms with E-state index in [-0.39, 0.29) is 10.6 Å². The fraction of sp³-hybridized carbons (Fsp3) is 0.538. The van der Waals surface area contributed by atoms with Crippen molar-refractivity contribution in [3.8, 4) is 0 Å². The van der Waals surface area contributed by atoms with E-state index in [9.17, 15) is 15.2 Å². The van der Waals surface area contributed by atoms with E-state index in [0.717, 1.165) is 19.5 Å². The van der Waals surface area contributed by atoms with Crippen LogP contribution in [0.5, 0.6) is 0 Å². The molecule has 5 nitrogen and oxygen atoms in total. The Morgan fingerprint density at radius 1 is 1.44 bits per heavy atom. The van der Waals surface area contributed by atoms with Crippen molar-refractivity contribution in [1.82, 2.24) is 0 Å². The number of benzene rings is 1. The van der Waals surface area contributed by atoms with E-state index >= 15 is 0 Å². The summed E-state index contributed by atoms with van der Waals surface area (Å²) in [5.41, 5.74) is 1.25. The van der Waals surface area contributed by atoms with E-state index in [4.69, 9.17) is 0 Å². The van der Waals surface area contributed by atoms with Gasteiger partial charge in [-0.2, -0.15) is 0 Å². The number of nitro groups is 1. The van der Waals surface area contributed by atoms with Gasteiger partial charge in [-0.3, -0.25) is 10.1 Å². The first-order chi connectivity index (χ1) is 8.51. The lowest BCUT2D eigenvalue weighted by Crippen LogP contribution is -2.24. The molecule has 0 unspecified atom stereocenters. The molecule has 0 saturated carbocycles. The highest BCUT2D eigenvalue weighted by molar-refractivity contribution is 5.64. The Kier molecular flexibility index (Phi) is 5.09. The van der Waals surface area contributed by atoms with Gasteiger partial charge in [-0.05, 0) is 31.9 Å². The zero-order chi connectivity index (χ0) is 13.7. The van der Waals surface area contributed by atoms with E-state index in [0.29, 0.717) is 11.3 Å². The average Bonchev–Trinajstić information content (AvgIpc) is 2.35. The van der Waals surface area contributed by atoms with Crippen molar-refractivity contribution in [2.45, 2.75) is 33.3 Å². The van der Waals surface area contributed by atoms with Crippen molar-refractivity contribution < 1.29 is 10.0 Å². The SMILES string of the molecule is CCCN(CC)c1ccc([C@H](C)O)cc1[N+](=O)[O-]. The van der Waals surface area contributed by atoms with Gasteiger partial charge in [-0.25, -0.2) is 0 Å². The lowest BCUT2D eigenvalue weighted by molar-refractivity contribution is -0.384. The molecule has 1 rings (SSSR count). The molecule has 1 atom stereocenters. The Hall–Kier alpha value is -1.62. The number of aliphatic hydroxyl groups excluding tert-OH is 1. The maximum Gasteiger partial charge on any atom is 0.292 e. The molecule has 0 aliphatic carbocycles. The van der Waals surface area contributed by atoms with E-state index in [2.05, 4.69) is 0 Å². The van der Waals surface area contributed by atoms with Crippen molar-refractivity contribution in [2.75, 3.05) is 18.0 Å². The van der Waals surface area contributed by atoms with Gasteiger partial charge in [-0.1, -0.05) is 13.0 Å². The first-order valence-electron chi connectivity index (χ1n) is 6.22. The van der Waals surface area contributed by atoms with Crippen LogP contribution in [-0.2, 0) is 0 Å². The number of hydrogen-bond acceptors (Lipinski definition) is 4. The van der Waals surface area contributed by atoms with Gasteiger partial charge in [0.15, 0.2) is 0 Å². The van der Waals surface area contributed by atoms with Crippen LogP contribution in [0.4, 0.5) is 11.4 Å². The summed E-state index contributed by atoms with van der Waals surface area (Å²) in [7, 11) is 0. The monoisotopic (exact) mass is 252 g/mol. The van der Waals surface area contributed by atoms with Crippen molar-refractivity contribution in [3.63, 3.8) is 0 Å². The largest absolute Gasteiger partial charge is 0.389 e. The second-order valence-corrected chi connectivity index (χ2v) is 4.26. The lowest BCUT2D eigenvalue weighted by atomic mass is 10.1. The van der Waals surface area contributed by atoms with Crippen LogP contribution in [0.1, 0.15) is 38.9 Å². The van der Waals surface area contributed by atoms with Crippen LogP contribution in [0.15, 0.2) is 18.2 Å². The number of aliphatic hydroxyl groups is 1. The minimum Gasteiger partial charge on any atom is -0.389 e. The minimum atomic E-state index is -0.695. The van der Waals surface area contributed by atoms with Crippen molar-refractivity contribution in [2.24, 2.45) is 0 Å². The third-order valence-electron chi connectivity index (χ3n) is 2.89. The van der Waals surface area contributed by atoms with Crippen LogP contribution < -0.4 is 4.90 Å². The summed E-state index contributed by atoms with van der Waals surface area (Å²) in [4.78, 5) is 12.7. The fourth-order valence-electron chi connectivity index (χ4n) is 1.93. The smallest absolute Gasteiger partial charge is 0.292 e. The highest BCUT2D eigenvalue weighted by Gasteiger charge is 2.19. The highest BCUT2D eigenvalue weighted by Crippen LogP contribution is 2.31. The predicted molar refractivity (Wildman–Crippen MR) is 71.9 cm³/mol. The van der Waals surface area contributed by atoms with Gasteiger partial charge in [-0.15, -0.1) is 0 Å². The summed E-state index contributed by atoms with van der Waals surface area (Å²) >= 11 is 0. The van der Waals surface area contributed by atoms with E-state index in [1.807, 2.05) is 18.7 Å². The summed E-state index contributed by atoms with van der Waals surface area (Å²) in [5.74, 6) is 0. The Morgan fingerprint density at radius 2 is 2.11 bits per heavy atom. The normalized spacial score (nSPS) is 12.2. The molecule has 5 heteroatoms. The van der Waals surface area contributed by atoms with Gasteiger partial charge < -0.3 is 10.0 Å². The van der Waals surface area contributed by atoms with E-state index in [1.54, 1.807) is 19.1 Å². The summed E-state index contributed by atoms with van der Waals surface area (Å²) in [6.07, 6.45) is 0.238. The summed E-state index contributed by atoms with van der Waals surface area (Å²) in [5, 5.41) is 20.6. The Morgan fingerprint density at radius 3 is 2.56 bits per heavy atom. The molecule has 1 N–H and O–H groups in total. The topological polar surface area (TPSA) is 66.6 Å². The fourth-order valence-corrected chi connectivity index (χ4v) is 1.93. The Balaban J connectivity index is 3.21. The second-order valence-electron chi connectivity index (χ2n) is 4.26. The number of hydrogen-bond donors (Lipinski definition) is 1. The molecule has 18 heavy (non-hydrogen) atoms. The zero-order valence-corrected chi connectivity index (χ0v) is 11.1. The van der Waals surface area contributed by atoms with Gasteiger partial charge >= 0.3 is 0 Å². The molecule has 0 aliphatic rings. The molecule has 1 aromatic carbocycles. The first-order valence-corrected chi connectivity index (χ1v) is 6.22. The third kappa shape index (κ3) is 3.20. The average molecular weight is 252 g/mol. The third-order valence-corrected chi connectivity index (χ3v) is 2.89. The molecule has 0 aliphatic heterocycles. The second kappa shape index (κ2) is 6.35. The van der Waals surface area contributed by atoms with Gasteiger partial charge in [0.05, 0.1) is 11.0 Å². The van der Waals surface area contributed by atoms with Gasteiger partial charge in [0.25, 0.3) is 5.69 Å². The van der Waals surface area contributed by atoms with Crippen molar-refractivity contribution in [1.29, 1.82) is 0 Å². The first kappa shape index (κ1) is 14.4. The van der Waals surface area contributed by atoms with Gasteiger partial charge in [0.2, 0.25) is 0 Å². The number of anilines is 1. The summed E-state index contributed by atoms with van der Waals surface area (Å²) in [6.45, 7) is 7.12. The standard InChI is InChI=1S/C13H20N2O3/c1-4-8-14(5-2)12-7-6-11(10(3)16)9-13(12)15(17)18/h6-7,9-10,16H,4-5,8H2,1-3H3/t10-/m0/s1. The molecule has 1 aromatic rings. The van der Waals surface area contributed by atoms with Crippen LogP contribution >= 0.6 is 0 Å². The molecule has 100 valence electrons. The van der Waals surface area contributed by atoms with Crippen LogP contribution in [0.2, 0.25) is 0 Å². The molecule has 0 spiro atoms. The van der Waals surface area contributed by atoms with Crippen molar-refractivity contribution >= 4 is 11.4 Å². The maximum absolute atomic E-state index is 11.1. The Bertz CT molecular complexity index is 419. The molecule has 0 aromatic heterocycles. The van der Waals surface area contributed by atoms with Crippen LogP contribution in [0, 0.1) is 10.1 Å². The molecule has 0 bridgehead atoms. The molecule has 0 amide bonds. The Labute approximate surface area is 107 Å². The molecule has 0 saturated heterocycles. The van der Waals surface area contributed by atoms with Crippen LogP contribution in [0.25, 0.3) is 0 Å². The molecule has 0 heterocycles. The predicted octanol–water partition coefficient (Wildman–Crippen LogP) is 2.88. The van der Waals surface area contributed by atoms with E-state index in [1.165, 1.54) is 6.07 Å². The quantitative estimate of drug-likeness (QED) is 0.624. The highest BCUT2D eigenvalue weighted by atomic mass is 16.6. The van der Waals surface area contributed by atoms with Crippen LogP contribution in [-0.4, -0.2) is 23.1 Å². The summed E-state index contributed by atoms with van der Waals surface area (Å²) in [6, 6.07) is 4.92.